The van der Waals surface area contributed by atoms with Crippen LogP contribution in [-0.4, -0.2) is 80.8 Å². The van der Waals surface area contributed by atoms with E-state index in [1.54, 1.807) is 47.4 Å². The Hall–Kier alpha value is -4.70. The number of piperidine rings is 1. The van der Waals surface area contributed by atoms with Crippen LogP contribution >= 0.6 is 0 Å². The van der Waals surface area contributed by atoms with Gasteiger partial charge in [0.25, 0.3) is 11.8 Å². The van der Waals surface area contributed by atoms with Gasteiger partial charge in [-0.15, -0.1) is 0 Å². The number of nitrogens with zero attached hydrogens (tertiary/aromatic N) is 3. The fraction of sp³-hybridized carbons (Fsp3) is 0.290. The standard InChI is InChI=1S/C31H30N4O6/c36-23-7-3-19(4-8-23)28(20-5-9-24(37)10-6-20)33-13-15-34(16-14-33)30(40)21-1-2-22-18-35(31(41)25(22)17-21)26-11-12-27(38)32-29(26)39/h1-10,17,26,28,36-37H,11-16,18H2,(H,32,38,39). The Morgan fingerprint density at radius 1 is 0.829 bits per heavy atom. The predicted octanol–water partition coefficient (Wildman–Crippen LogP) is 2.41. The van der Waals surface area contributed by atoms with E-state index in [-0.39, 0.29) is 54.6 Å². The number of rotatable bonds is 5. The second kappa shape index (κ2) is 10.7. The van der Waals surface area contributed by atoms with Gasteiger partial charge in [0, 0.05) is 50.3 Å². The van der Waals surface area contributed by atoms with Gasteiger partial charge in [0.2, 0.25) is 11.8 Å². The van der Waals surface area contributed by atoms with Crippen LogP contribution in [0.1, 0.15) is 56.3 Å². The minimum absolute atomic E-state index is 0.121. The number of benzene rings is 3. The van der Waals surface area contributed by atoms with Crippen molar-refractivity contribution in [2.45, 2.75) is 31.5 Å². The summed E-state index contributed by atoms with van der Waals surface area (Å²) in [4.78, 5) is 56.1. The van der Waals surface area contributed by atoms with E-state index < -0.39 is 11.9 Å². The summed E-state index contributed by atoms with van der Waals surface area (Å²) < 4.78 is 0. The molecule has 6 rings (SSSR count). The zero-order chi connectivity index (χ0) is 28.7. The average Bonchev–Trinajstić information content (AvgIpc) is 3.30. The fourth-order valence-electron chi connectivity index (χ4n) is 5.98. The van der Waals surface area contributed by atoms with Gasteiger partial charge in [-0.25, -0.2) is 0 Å². The molecular formula is C31H30N4O6. The van der Waals surface area contributed by atoms with E-state index in [1.807, 2.05) is 24.3 Å². The maximum absolute atomic E-state index is 13.5. The van der Waals surface area contributed by atoms with Gasteiger partial charge in [-0.3, -0.25) is 29.4 Å². The van der Waals surface area contributed by atoms with Crippen LogP contribution in [-0.2, 0) is 16.1 Å². The first-order chi connectivity index (χ1) is 19.8. The minimum Gasteiger partial charge on any atom is -0.508 e. The number of nitrogens with one attached hydrogen (secondary N) is 1. The van der Waals surface area contributed by atoms with Crippen LogP contribution in [0.4, 0.5) is 0 Å². The molecule has 0 radical (unpaired) electrons. The zero-order valence-corrected chi connectivity index (χ0v) is 22.3. The number of imide groups is 1. The lowest BCUT2D eigenvalue weighted by atomic mass is 9.96. The molecule has 0 saturated carbocycles. The maximum Gasteiger partial charge on any atom is 0.255 e. The van der Waals surface area contributed by atoms with E-state index in [4.69, 9.17) is 0 Å². The van der Waals surface area contributed by atoms with Crippen LogP contribution in [0, 0.1) is 0 Å². The van der Waals surface area contributed by atoms with Crippen LogP contribution in [0.25, 0.3) is 0 Å². The largest absolute Gasteiger partial charge is 0.508 e. The number of carbonyl (C=O) groups is 4. The van der Waals surface area contributed by atoms with Crippen LogP contribution in [0.5, 0.6) is 11.5 Å². The van der Waals surface area contributed by atoms with E-state index in [9.17, 15) is 29.4 Å². The number of phenolic OH excluding ortho intramolecular Hbond substituents is 2. The van der Waals surface area contributed by atoms with Gasteiger partial charge < -0.3 is 20.0 Å². The molecule has 3 aliphatic rings. The summed E-state index contributed by atoms with van der Waals surface area (Å²) in [5.74, 6) is -0.899. The molecule has 2 fully saturated rings. The van der Waals surface area contributed by atoms with Crippen molar-refractivity contribution in [3.05, 3.63) is 94.5 Å². The molecule has 210 valence electrons. The summed E-state index contributed by atoms with van der Waals surface area (Å²) in [6.45, 7) is 2.44. The molecule has 3 aromatic rings. The Kier molecular flexibility index (Phi) is 6.92. The number of hydrogen-bond acceptors (Lipinski definition) is 7. The molecule has 10 heteroatoms. The molecular weight excluding hydrogens is 524 g/mol. The van der Waals surface area contributed by atoms with Crippen LogP contribution < -0.4 is 5.32 Å². The Labute approximate surface area is 236 Å². The van der Waals surface area contributed by atoms with Gasteiger partial charge in [-0.2, -0.15) is 0 Å². The summed E-state index contributed by atoms with van der Waals surface area (Å²) in [5.41, 5.74) is 3.58. The number of carbonyl (C=O) groups excluding carboxylic acids is 4. The lowest BCUT2D eigenvalue weighted by Crippen LogP contribution is -2.52. The van der Waals surface area contributed by atoms with Gasteiger partial charge in [-0.1, -0.05) is 30.3 Å². The van der Waals surface area contributed by atoms with E-state index in [2.05, 4.69) is 10.2 Å². The van der Waals surface area contributed by atoms with Crippen molar-refractivity contribution in [1.82, 2.24) is 20.0 Å². The molecule has 3 N–H and O–H groups in total. The molecule has 1 atom stereocenters. The normalized spacial score (nSPS) is 19.4. The van der Waals surface area contributed by atoms with Crippen molar-refractivity contribution in [2.75, 3.05) is 26.2 Å². The van der Waals surface area contributed by atoms with Gasteiger partial charge in [-0.05, 0) is 59.5 Å². The smallest absolute Gasteiger partial charge is 0.255 e. The Morgan fingerprint density at radius 3 is 2.02 bits per heavy atom. The molecule has 0 spiro atoms. The van der Waals surface area contributed by atoms with Gasteiger partial charge in [0.1, 0.15) is 17.5 Å². The average molecular weight is 555 g/mol. The molecule has 3 heterocycles. The van der Waals surface area contributed by atoms with Crippen molar-refractivity contribution in [1.29, 1.82) is 0 Å². The molecule has 1 unspecified atom stereocenters. The molecule has 10 nitrogen and oxygen atoms in total. The van der Waals surface area contributed by atoms with Crippen molar-refractivity contribution in [3.8, 4) is 11.5 Å². The molecule has 0 aliphatic carbocycles. The summed E-state index contributed by atoms with van der Waals surface area (Å²) in [7, 11) is 0. The molecule has 41 heavy (non-hydrogen) atoms. The van der Waals surface area contributed by atoms with Gasteiger partial charge in [0.05, 0.1) is 6.04 Å². The molecule has 0 bridgehead atoms. The zero-order valence-electron chi connectivity index (χ0n) is 22.3. The quantitative estimate of drug-likeness (QED) is 0.413. The highest BCUT2D eigenvalue weighted by Gasteiger charge is 2.39. The number of fused-ring (bicyclic) bond motifs is 1. The third-order valence-electron chi connectivity index (χ3n) is 8.16. The van der Waals surface area contributed by atoms with Gasteiger partial charge in [0.15, 0.2) is 0 Å². The van der Waals surface area contributed by atoms with Crippen LogP contribution in [0.2, 0.25) is 0 Å². The van der Waals surface area contributed by atoms with E-state index in [0.717, 1.165) is 16.7 Å². The second-order valence-electron chi connectivity index (χ2n) is 10.7. The number of phenols is 2. The third kappa shape index (κ3) is 5.14. The number of aromatic hydroxyl groups is 2. The predicted molar refractivity (Wildman–Crippen MR) is 148 cm³/mol. The topological polar surface area (TPSA) is 130 Å². The molecule has 3 aromatic carbocycles. The second-order valence-corrected chi connectivity index (χ2v) is 10.7. The molecule has 2 saturated heterocycles. The van der Waals surface area contributed by atoms with Crippen molar-refractivity contribution >= 4 is 23.6 Å². The van der Waals surface area contributed by atoms with Crippen LogP contribution in [0.15, 0.2) is 66.7 Å². The Balaban J connectivity index is 1.15. The lowest BCUT2D eigenvalue weighted by Gasteiger charge is -2.40. The van der Waals surface area contributed by atoms with Crippen molar-refractivity contribution in [2.24, 2.45) is 0 Å². The molecule has 3 aliphatic heterocycles. The third-order valence-corrected chi connectivity index (χ3v) is 8.16. The minimum atomic E-state index is -0.699. The highest BCUT2D eigenvalue weighted by Crippen LogP contribution is 2.32. The molecule has 4 amide bonds. The van der Waals surface area contributed by atoms with Crippen LogP contribution in [0.3, 0.4) is 0 Å². The van der Waals surface area contributed by atoms with Crippen molar-refractivity contribution in [3.63, 3.8) is 0 Å². The monoisotopic (exact) mass is 554 g/mol. The summed E-state index contributed by atoms with van der Waals surface area (Å²) in [5, 5.41) is 21.9. The fourth-order valence-corrected chi connectivity index (χ4v) is 5.98. The van der Waals surface area contributed by atoms with E-state index in [1.165, 1.54) is 4.90 Å². The molecule has 0 aromatic heterocycles. The summed E-state index contributed by atoms with van der Waals surface area (Å²) in [6, 6.07) is 18.4. The van der Waals surface area contributed by atoms with Gasteiger partial charge >= 0.3 is 0 Å². The highest BCUT2D eigenvalue weighted by molar-refractivity contribution is 6.06. The van der Waals surface area contributed by atoms with E-state index in [0.29, 0.717) is 37.3 Å². The number of piperazine rings is 1. The van der Waals surface area contributed by atoms with Crippen molar-refractivity contribution < 1.29 is 29.4 Å². The first kappa shape index (κ1) is 26.5. The Bertz CT molecular complexity index is 1470. The van der Waals surface area contributed by atoms with E-state index >= 15 is 0 Å². The maximum atomic E-state index is 13.5. The summed E-state index contributed by atoms with van der Waals surface area (Å²) in [6.07, 6.45) is 0.475. The highest BCUT2D eigenvalue weighted by atomic mass is 16.3. The first-order valence-electron chi connectivity index (χ1n) is 13.7. The first-order valence-corrected chi connectivity index (χ1v) is 13.7. The SMILES string of the molecule is O=C1CCC(N2Cc3ccc(C(=O)N4CCN(C(c5ccc(O)cc5)c5ccc(O)cc5)CC4)cc3C2=O)C(=O)N1. The Morgan fingerprint density at radius 2 is 1.44 bits per heavy atom. The summed E-state index contributed by atoms with van der Waals surface area (Å²) >= 11 is 0. The number of amides is 4. The number of hydrogen-bond donors (Lipinski definition) is 3. The lowest BCUT2D eigenvalue weighted by molar-refractivity contribution is -0.136.